The van der Waals surface area contributed by atoms with E-state index in [9.17, 15) is 9.18 Å². The Bertz CT molecular complexity index is 710. The summed E-state index contributed by atoms with van der Waals surface area (Å²) in [6, 6.07) is 9.09. The molecule has 0 spiro atoms. The Balaban J connectivity index is 0.000000247. The Morgan fingerprint density at radius 2 is 2.10 bits per heavy atom. The lowest BCUT2D eigenvalue weighted by Gasteiger charge is -2.02. The predicted molar refractivity (Wildman–Crippen MR) is 74.8 cm³/mol. The maximum Gasteiger partial charge on any atom is 0.266 e. The molecule has 2 aromatic heterocycles. The molecule has 0 saturated heterocycles. The van der Waals surface area contributed by atoms with Crippen molar-refractivity contribution < 1.29 is 4.39 Å². The number of halogens is 1. The molecule has 0 fully saturated rings. The fraction of sp³-hybridized carbons (Fsp3) is 0.0769. The molecular weight excluding hydrogens is 279 g/mol. The summed E-state index contributed by atoms with van der Waals surface area (Å²) < 4.78 is 17.7. The summed E-state index contributed by atoms with van der Waals surface area (Å²) in [5, 5.41) is 9.33. The van der Waals surface area contributed by atoms with Gasteiger partial charge in [0.25, 0.3) is 5.56 Å². The van der Waals surface area contributed by atoms with E-state index in [1.165, 1.54) is 34.4 Å². The van der Waals surface area contributed by atoms with Gasteiger partial charge in [0.1, 0.15) is 5.82 Å². The van der Waals surface area contributed by atoms with E-state index >= 15 is 0 Å². The highest BCUT2D eigenvalue weighted by Gasteiger charge is 2.01. The molecule has 0 aliphatic carbocycles. The Morgan fingerprint density at radius 1 is 1.25 bits per heavy atom. The first-order chi connectivity index (χ1) is 9.66. The van der Waals surface area contributed by atoms with Gasteiger partial charge < -0.3 is 0 Å². The molecule has 3 aromatic rings. The average molecular weight is 290 g/mol. The Kier molecular flexibility index (Phi) is 4.67. The second kappa shape index (κ2) is 6.67. The standard InChI is InChI=1S/C11H9FN2O.C2H2N2S/c1-14-11(15)6-5-10(13-14)8-3-2-4-9(12)7-8;1-2-5-4-3-1/h2-7H,1H3;1-2H. The van der Waals surface area contributed by atoms with Crippen LogP contribution in [0.25, 0.3) is 11.3 Å². The number of aryl methyl sites for hydroxylation is 1. The Labute approximate surface area is 118 Å². The highest BCUT2D eigenvalue weighted by Crippen LogP contribution is 2.15. The van der Waals surface area contributed by atoms with E-state index in [0.717, 1.165) is 0 Å². The zero-order chi connectivity index (χ0) is 14.4. The van der Waals surface area contributed by atoms with Crippen molar-refractivity contribution in [3.05, 3.63) is 64.1 Å². The minimum atomic E-state index is -0.317. The quantitative estimate of drug-likeness (QED) is 0.689. The van der Waals surface area contributed by atoms with E-state index in [1.54, 1.807) is 31.4 Å². The van der Waals surface area contributed by atoms with Crippen LogP contribution in [0.1, 0.15) is 0 Å². The van der Waals surface area contributed by atoms with Crippen molar-refractivity contribution in [2.75, 3.05) is 0 Å². The van der Waals surface area contributed by atoms with Crippen LogP contribution in [0.15, 0.2) is 52.8 Å². The van der Waals surface area contributed by atoms with E-state index in [-0.39, 0.29) is 11.4 Å². The number of hydrogen-bond acceptors (Lipinski definition) is 5. The van der Waals surface area contributed by atoms with Crippen LogP contribution in [-0.2, 0) is 7.05 Å². The minimum absolute atomic E-state index is 0.185. The molecule has 0 N–H and O–H groups in total. The van der Waals surface area contributed by atoms with Crippen molar-refractivity contribution in [3.63, 3.8) is 0 Å². The molecule has 0 radical (unpaired) electrons. The summed E-state index contributed by atoms with van der Waals surface area (Å²) in [6.45, 7) is 0. The first-order valence-corrected chi connectivity index (χ1v) is 6.52. The molecule has 0 unspecified atom stereocenters. The first-order valence-electron chi connectivity index (χ1n) is 5.68. The molecule has 2 heterocycles. The van der Waals surface area contributed by atoms with Gasteiger partial charge in [-0.25, -0.2) is 9.07 Å². The molecule has 0 saturated carbocycles. The van der Waals surface area contributed by atoms with E-state index in [1.807, 2.05) is 5.38 Å². The van der Waals surface area contributed by atoms with Gasteiger partial charge in [0, 0.05) is 24.1 Å². The molecule has 1 aromatic carbocycles. The van der Waals surface area contributed by atoms with Crippen LogP contribution >= 0.6 is 11.5 Å². The van der Waals surface area contributed by atoms with Crippen molar-refractivity contribution >= 4 is 11.5 Å². The third-order valence-electron chi connectivity index (χ3n) is 2.36. The van der Waals surface area contributed by atoms with Crippen molar-refractivity contribution in [1.82, 2.24) is 19.4 Å². The lowest BCUT2D eigenvalue weighted by molar-refractivity contribution is 0.628. The van der Waals surface area contributed by atoms with Gasteiger partial charge >= 0.3 is 0 Å². The third kappa shape index (κ3) is 3.79. The highest BCUT2D eigenvalue weighted by molar-refractivity contribution is 7.03. The minimum Gasteiger partial charge on any atom is -0.268 e. The molecule has 0 aliphatic heterocycles. The fourth-order valence-electron chi connectivity index (χ4n) is 1.44. The van der Waals surface area contributed by atoms with Gasteiger partial charge in [0.2, 0.25) is 0 Å². The van der Waals surface area contributed by atoms with Crippen LogP contribution in [-0.4, -0.2) is 19.4 Å². The first kappa shape index (κ1) is 14.0. The van der Waals surface area contributed by atoms with Crippen molar-refractivity contribution in [1.29, 1.82) is 0 Å². The maximum absolute atomic E-state index is 12.9. The Hall–Kier alpha value is -2.41. The number of hydrogen-bond donors (Lipinski definition) is 0. The molecule has 3 rings (SSSR count). The molecule has 0 amide bonds. The van der Waals surface area contributed by atoms with Gasteiger partial charge in [0.15, 0.2) is 0 Å². The van der Waals surface area contributed by atoms with E-state index in [2.05, 4.69) is 14.7 Å². The van der Waals surface area contributed by atoms with Gasteiger partial charge in [0.05, 0.1) is 11.9 Å². The van der Waals surface area contributed by atoms with Crippen LogP contribution in [0.2, 0.25) is 0 Å². The number of benzene rings is 1. The average Bonchev–Trinajstić information content (AvgIpc) is 3.01. The van der Waals surface area contributed by atoms with E-state index in [4.69, 9.17) is 0 Å². The summed E-state index contributed by atoms with van der Waals surface area (Å²) in [7, 11) is 1.56. The van der Waals surface area contributed by atoms with Crippen molar-refractivity contribution in [2.24, 2.45) is 7.05 Å². The summed E-state index contributed by atoms with van der Waals surface area (Å²) in [5.41, 5.74) is 1.05. The molecule has 0 aliphatic rings. The highest BCUT2D eigenvalue weighted by atomic mass is 32.1. The van der Waals surface area contributed by atoms with Gasteiger partial charge in [-0.1, -0.05) is 16.6 Å². The second-order valence-corrected chi connectivity index (χ2v) is 4.42. The van der Waals surface area contributed by atoms with Crippen molar-refractivity contribution in [3.8, 4) is 11.3 Å². The second-order valence-electron chi connectivity index (χ2n) is 3.78. The van der Waals surface area contributed by atoms with Crippen LogP contribution in [0.5, 0.6) is 0 Å². The van der Waals surface area contributed by atoms with Crippen LogP contribution < -0.4 is 5.56 Å². The summed E-state index contributed by atoms with van der Waals surface area (Å²) >= 11 is 1.35. The zero-order valence-corrected chi connectivity index (χ0v) is 11.4. The molecular formula is C13H11FN4OS. The number of nitrogens with zero attached hydrogens (tertiary/aromatic N) is 4. The fourth-order valence-corrected chi connectivity index (χ4v) is 1.71. The van der Waals surface area contributed by atoms with Gasteiger partial charge in [-0.2, -0.15) is 5.10 Å². The molecule has 102 valence electrons. The third-order valence-corrected chi connectivity index (χ3v) is 2.80. The molecule has 7 heteroatoms. The maximum atomic E-state index is 12.9. The molecule has 20 heavy (non-hydrogen) atoms. The van der Waals surface area contributed by atoms with Crippen LogP contribution in [0, 0.1) is 5.82 Å². The number of aromatic nitrogens is 4. The summed E-state index contributed by atoms with van der Waals surface area (Å²) in [4.78, 5) is 11.1. The van der Waals surface area contributed by atoms with E-state index < -0.39 is 0 Å². The summed E-state index contributed by atoms with van der Waals surface area (Å²) in [6.07, 6.45) is 1.66. The van der Waals surface area contributed by atoms with Crippen LogP contribution in [0.3, 0.4) is 0 Å². The van der Waals surface area contributed by atoms with Gasteiger partial charge in [-0.15, -0.1) is 5.10 Å². The van der Waals surface area contributed by atoms with Crippen molar-refractivity contribution in [2.45, 2.75) is 0 Å². The van der Waals surface area contributed by atoms with Crippen LogP contribution in [0.4, 0.5) is 4.39 Å². The Morgan fingerprint density at radius 3 is 2.65 bits per heavy atom. The van der Waals surface area contributed by atoms with Gasteiger partial charge in [-0.3, -0.25) is 4.79 Å². The lowest BCUT2D eigenvalue weighted by Crippen LogP contribution is -2.18. The normalized spacial score (nSPS) is 9.70. The van der Waals surface area contributed by atoms with Gasteiger partial charge in [-0.05, 0) is 29.7 Å². The summed E-state index contributed by atoms with van der Waals surface area (Å²) in [5.74, 6) is -0.317. The zero-order valence-electron chi connectivity index (χ0n) is 10.6. The largest absolute Gasteiger partial charge is 0.268 e. The molecule has 0 bridgehead atoms. The SMILES string of the molecule is Cn1nc(-c2cccc(F)c2)ccc1=O.c1csnn1. The topological polar surface area (TPSA) is 60.7 Å². The smallest absolute Gasteiger partial charge is 0.266 e. The van der Waals surface area contributed by atoms with E-state index in [0.29, 0.717) is 11.3 Å². The lowest BCUT2D eigenvalue weighted by atomic mass is 10.1. The monoisotopic (exact) mass is 290 g/mol. The predicted octanol–water partition coefficient (Wildman–Crippen LogP) is 2.12. The molecule has 5 nitrogen and oxygen atoms in total. The molecule has 0 atom stereocenters. The number of rotatable bonds is 1.